The molecule has 2 rings (SSSR count). The van der Waals surface area contributed by atoms with Crippen LogP contribution < -0.4 is 10.2 Å². The van der Waals surface area contributed by atoms with Crippen LogP contribution >= 0.6 is 27.5 Å². The summed E-state index contributed by atoms with van der Waals surface area (Å²) >= 11 is 9.16. The van der Waals surface area contributed by atoms with Crippen molar-refractivity contribution in [1.82, 2.24) is 5.43 Å². The van der Waals surface area contributed by atoms with Crippen molar-refractivity contribution in [2.45, 2.75) is 32.1 Å². The van der Waals surface area contributed by atoms with E-state index in [1.165, 1.54) is 6.42 Å². The van der Waals surface area contributed by atoms with Gasteiger partial charge in [-0.15, -0.1) is 0 Å². The van der Waals surface area contributed by atoms with E-state index < -0.39 is 0 Å². The largest absolute Gasteiger partial charge is 0.483 e. The molecule has 1 aromatic rings. The highest BCUT2D eigenvalue weighted by Crippen LogP contribution is 2.27. The number of amides is 1. The summed E-state index contributed by atoms with van der Waals surface area (Å²) < 4.78 is 6.13. The number of hydrogen-bond donors (Lipinski definition) is 1. The van der Waals surface area contributed by atoms with Crippen molar-refractivity contribution < 1.29 is 9.53 Å². The molecule has 0 atom stereocenters. The van der Waals surface area contributed by atoms with Crippen LogP contribution in [0, 0.1) is 0 Å². The van der Waals surface area contributed by atoms with Crippen LogP contribution in [0.25, 0.3) is 0 Å². The number of carbonyl (C=O) groups excluding carboxylic acids is 1. The number of nitrogens with zero attached hydrogens (tertiary/aromatic N) is 1. The van der Waals surface area contributed by atoms with Gasteiger partial charge in [0.1, 0.15) is 5.75 Å². The van der Waals surface area contributed by atoms with Crippen molar-refractivity contribution in [3.63, 3.8) is 0 Å². The quantitative estimate of drug-likeness (QED) is 0.828. The van der Waals surface area contributed by atoms with Crippen LogP contribution in [-0.2, 0) is 4.79 Å². The van der Waals surface area contributed by atoms with Gasteiger partial charge in [0.05, 0.1) is 4.47 Å². The maximum absolute atomic E-state index is 11.7. The molecule has 0 radical (unpaired) electrons. The smallest absolute Gasteiger partial charge is 0.277 e. The Morgan fingerprint density at radius 3 is 2.80 bits per heavy atom. The van der Waals surface area contributed by atoms with Gasteiger partial charge in [-0.05, 0) is 59.8 Å². The first-order chi connectivity index (χ1) is 9.65. The molecule has 0 spiro atoms. The van der Waals surface area contributed by atoms with Gasteiger partial charge < -0.3 is 4.74 Å². The number of benzene rings is 1. The van der Waals surface area contributed by atoms with Gasteiger partial charge in [0.25, 0.3) is 5.91 Å². The summed E-state index contributed by atoms with van der Waals surface area (Å²) in [7, 11) is 0. The Morgan fingerprint density at radius 1 is 1.35 bits per heavy atom. The minimum absolute atomic E-state index is 0.0724. The zero-order valence-corrected chi connectivity index (χ0v) is 13.3. The molecule has 0 bridgehead atoms. The van der Waals surface area contributed by atoms with E-state index in [-0.39, 0.29) is 12.5 Å². The molecule has 0 aliphatic heterocycles. The van der Waals surface area contributed by atoms with E-state index in [4.69, 9.17) is 16.3 Å². The molecule has 0 saturated heterocycles. The van der Waals surface area contributed by atoms with E-state index in [2.05, 4.69) is 26.5 Å². The van der Waals surface area contributed by atoms with Crippen molar-refractivity contribution in [2.24, 2.45) is 5.10 Å². The molecule has 20 heavy (non-hydrogen) atoms. The molecular formula is C14H16BrClN2O2. The molecule has 1 saturated carbocycles. The number of halogens is 2. The molecule has 0 unspecified atom stereocenters. The molecular weight excluding hydrogens is 344 g/mol. The standard InChI is InChI=1S/C14H16BrClN2O2/c15-12-8-10(16)6-7-13(12)20-9-14(19)18-17-11-4-2-1-3-5-11/h6-8H,1-5,9H2,(H,18,19). The highest BCUT2D eigenvalue weighted by molar-refractivity contribution is 9.10. The summed E-state index contributed by atoms with van der Waals surface area (Å²) in [5, 5.41) is 4.74. The van der Waals surface area contributed by atoms with Gasteiger partial charge in [-0.25, -0.2) is 5.43 Å². The van der Waals surface area contributed by atoms with Gasteiger partial charge in [-0.3, -0.25) is 4.79 Å². The summed E-state index contributed by atoms with van der Waals surface area (Å²) in [5.41, 5.74) is 3.60. The lowest BCUT2D eigenvalue weighted by Crippen LogP contribution is -2.26. The number of nitrogens with one attached hydrogen (secondary N) is 1. The van der Waals surface area contributed by atoms with Crippen LogP contribution in [0.5, 0.6) is 5.75 Å². The minimum atomic E-state index is -0.259. The summed E-state index contributed by atoms with van der Waals surface area (Å²) in [6.45, 7) is -0.0724. The van der Waals surface area contributed by atoms with Crippen LogP contribution in [0.3, 0.4) is 0 Å². The second kappa shape index (κ2) is 7.64. The molecule has 4 nitrogen and oxygen atoms in total. The Balaban J connectivity index is 1.80. The Labute approximate surface area is 131 Å². The predicted octanol–water partition coefficient (Wildman–Crippen LogP) is 3.92. The third-order valence-electron chi connectivity index (χ3n) is 3.02. The zero-order chi connectivity index (χ0) is 14.4. The van der Waals surface area contributed by atoms with Crippen LogP contribution in [0.1, 0.15) is 32.1 Å². The van der Waals surface area contributed by atoms with E-state index in [1.54, 1.807) is 18.2 Å². The average Bonchev–Trinajstić information content (AvgIpc) is 2.45. The topological polar surface area (TPSA) is 50.7 Å². The SMILES string of the molecule is O=C(COc1ccc(Cl)cc1Br)NN=C1CCCCC1. The molecule has 0 heterocycles. The zero-order valence-electron chi connectivity index (χ0n) is 11.0. The molecule has 0 aromatic heterocycles. The fourth-order valence-electron chi connectivity index (χ4n) is 1.98. The Kier molecular flexibility index (Phi) is 5.86. The summed E-state index contributed by atoms with van der Waals surface area (Å²) in [6.07, 6.45) is 5.51. The van der Waals surface area contributed by atoms with E-state index >= 15 is 0 Å². The van der Waals surface area contributed by atoms with Gasteiger partial charge >= 0.3 is 0 Å². The molecule has 108 valence electrons. The molecule has 6 heteroatoms. The molecule has 1 aliphatic rings. The summed E-state index contributed by atoms with van der Waals surface area (Å²) in [5.74, 6) is 0.319. The van der Waals surface area contributed by atoms with E-state index in [0.29, 0.717) is 10.8 Å². The van der Waals surface area contributed by atoms with Gasteiger partial charge in [-0.2, -0.15) is 5.10 Å². The first-order valence-electron chi connectivity index (χ1n) is 6.57. The Bertz CT molecular complexity index is 512. The fraction of sp³-hybridized carbons (Fsp3) is 0.429. The summed E-state index contributed by atoms with van der Waals surface area (Å²) in [6, 6.07) is 5.14. The third-order valence-corrected chi connectivity index (χ3v) is 3.88. The summed E-state index contributed by atoms with van der Waals surface area (Å²) in [4.78, 5) is 11.7. The van der Waals surface area contributed by atoms with Crippen LogP contribution in [0.4, 0.5) is 0 Å². The van der Waals surface area contributed by atoms with Crippen LogP contribution in [0.15, 0.2) is 27.8 Å². The number of rotatable bonds is 4. The average molecular weight is 360 g/mol. The van der Waals surface area contributed by atoms with Crippen LogP contribution in [0.2, 0.25) is 5.02 Å². The van der Waals surface area contributed by atoms with Gasteiger partial charge in [-0.1, -0.05) is 18.0 Å². The predicted molar refractivity (Wildman–Crippen MR) is 83.3 cm³/mol. The van der Waals surface area contributed by atoms with Crippen molar-refractivity contribution in [2.75, 3.05) is 6.61 Å². The first-order valence-corrected chi connectivity index (χ1v) is 7.74. The Morgan fingerprint density at radius 2 is 2.10 bits per heavy atom. The molecule has 1 fully saturated rings. The fourth-order valence-corrected chi connectivity index (χ4v) is 2.78. The molecule has 1 aromatic carbocycles. The van der Waals surface area contributed by atoms with Gasteiger partial charge in [0.2, 0.25) is 0 Å². The highest BCUT2D eigenvalue weighted by atomic mass is 79.9. The normalized spacial score (nSPS) is 14.8. The van der Waals surface area contributed by atoms with Gasteiger partial charge in [0, 0.05) is 10.7 Å². The van der Waals surface area contributed by atoms with Gasteiger partial charge in [0.15, 0.2) is 6.61 Å². The van der Waals surface area contributed by atoms with Crippen molar-refractivity contribution in [3.05, 3.63) is 27.7 Å². The van der Waals surface area contributed by atoms with Crippen molar-refractivity contribution in [3.8, 4) is 5.75 Å². The number of carbonyl (C=O) groups is 1. The Hall–Kier alpha value is -1.07. The molecule has 1 amide bonds. The number of hydrogen-bond acceptors (Lipinski definition) is 3. The second-order valence-electron chi connectivity index (χ2n) is 4.64. The van der Waals surface area contributed by atoms with Crippen LogP contribution in [-0.4, -0.2) is 18.2 Å². The molecule has 1 aliphatic carbocycles. The maximum Gasteiger partial charge on any atom is 0.277 e. The lowest BCUT2D eigenvalue weighted by molar-refractivity contribution is -0.123. The van der Waals surface area contributed by atoms with E-state index in [1.807, 2.05) is 0 Å². The first kappa shape index (κ1) is 15.3. The lowest BCUT2D eigenvalue weighted by atomic mass is 9.99. The van der Waals surface area contributed by atoms with E-state index in [9.17, 15) is 4.79 Å². The monoisotopic (exact) mass is 358 g/mol. The highest BCUT2D eigenvalue weighted by Gasteiger charge is 2.09. The van der Waals surface area contributed by atoms with E-state index in [0.717, 1.165) is 35.9 Å². The number of hydrazone groups is 1. The van der Waals surface area contributed by atoms with Crippen molar-refractivity contribution >= 4 is 39.1 Å². The maximum atomic E-state index is 11.7. The minimum Gasteiger partial charge on any atom is -0.483 e. The lowest BCUT2D eigenvalue weighted by Gasteiger charge is -2.12. The second-order valence-corrected chi connectivity index (χ2v) is 5.93. The third kappa shape index (κ3) is 4.80. The molecule has 1 N–H and O–H groups in total. The number of ether oxygens (including phenoxy) is 1. The van der Waals surface area contributed by atoms with Crippen molar-refractivity contribution in [1.29, 1.82) is 0 Å².